The zero-order chi connectivity index (χ0) is 13.8. The molecular formula is C12H17ClFNO2S. The molecule has 0 bridgehead atoms. The van der Waals surface area contributed by atoms with Crippen LogP contribution in [0, 0.1) is 5.82 Å². The third kappa shape index (κ3) is 3.67. The summed E-state index contributed by atoms with van der Waals surface area (Å²) in [4.78, 5) is -0.334. The molecule has 3 nitrogen and oxygen atoms in total. The average Bonchev–Trinajstić information content (AvgIpc) is 2.29. The van der Waals surface area contributed by atoms with E-state index in [1.54, 1.807) is 6.92 Å². The first kappa shape index (κ1) is 15.4. The number of halogens is 2. The van der Waals surface area contributed by atoms with E-state index in [-0.39, 0.29) is 4.90 Å². The highest BCUT2D eigenvalue weighted by Gasteiger charge is 2.29. The molecule has 1 aromatic rings. The molecule has 1 aromatic carbocycles. The molecule has 1 atom stereocenters. The van der Waals surface area contributed by atoms with Crippen LogP contribution in [0.1, 0.15) is 26.7 Å². The molecule has 0 heterocycles. The molecule has 0 saturated carbocycles. The summed E-state index contributed by atoms with van der Waals surface area (Å²) in [5.41, 5.74) is -0.664. The summed E-state index contributed by atoms with van der Waals surface area (Å²) in [5.74, 6) is -0.418. The van der Waals surface area contributed by atoms with Crippen molar-refractivity contribution < 1.29 is 12.8 Å². The Labute approximate surface area is 112 Å². The van der Waals surface area contributed by atoms with Crippen LogP contribution >= 0.6 is 11.6 Å². The van der Waals surface area contributed by atoms with E-state index >= 15 is 0 Å². The number of nitrogens with one attached hydrogen (secondary N) is 1. The Bertz CT molecular complexity index is 507. The van der Waals surface area contributed by atoms with Gasteiger partial charge in [-0.05, 0) is 31.9 Å². The number of alkyl halides is 1. The predicted molar refractivity (Wildman–Crippen MR) is 70.8 cm³/mol. The molecule has 1 rings (SSSR count). The third-order valence-corrected chi connectivity index (χ3v) is 4.79. The Morgan fingerprint density at radius 3 is 2.50 bits per heavy atom. The molecule has 0 radical (unpaired) electrons. The van der Waals surface area contributed by atoms with E-state index in [2.05, 4.69) is 4.72 Å². The van der Waals surface area contributed by atoms with Crippen molar-refractivity contribution in [3.05, 3.63) is 30.1 Å². The summed E-state index contributed by atoms with van der Waals surface area (Å²) in [7, 11) is -3.87. The molecule has 0 spiro atoms. The zero-order valence-corrected chi connectivity index (χ0v) is 12.0. The van der Waals surface area contributed by atoms with E-state index < -0.39 is 21.4 Å². The van der Waals surface area contributed by atoms with Crippen LogP contribution in [-0.2, 0) is 10.0 Å². The number of hydrogen-bond acceptors (Lipinski definition) is 2. The van der Waals surface area contributed by atoms with E-state index in [0.717, 1.165) is 6.07 Å². The highest BCUT2D eigenvalue weighted by atomic mass is 35.5. The largest absolute Gasteiger partial charge is 0.243 e. The first-order valence-corrected chi connectivity index (χ1v) is 7.71. The molecule has 1 N–H and O–H groups in total. The quantitative estimate of drug-likeness (QED) is 0.820. The molecule has 102 valence electrons. The lowest BCUT2D eigenvalue weighted by Gasteiger charge is -2.28. The molecule has 6 heteroatoms. The SMILES string of the molecule is CCC(C)(CCCl)NS(=O)(=O)c1ccccc1F. The van der Waals surface area contributed by atoms with Crippen molar-refractivity contribution in [2.24, 2.45) is 0 Å². The minimum absolute atomic E-state index is 0.334. The second kappa shape index (κ2) is 5.99. The van der Waals surface area contributed by atoms with Crippen molar-refractivity contribution in [3.63, 3.8) is 0 Å². The fourth-order valence-corrected chi connectivity index (χ4v) is 3.56. The Balaban J connectivity index is 3.06. The lowest BCUT2D eigenvalue weighted by Crippen LogP contribution is -2.45. The van der Waals surface area contributed by atoms with Crippen LogP contribution in [0.15, 0.2) is 29.2 Å². The van der Waals surface area contributed by atoms with Crippen molar-refractivity contribution in [2.75, 3.05) is 5.88 Å². The second-order valence-electron chi connectivity index (χ2n) is 4.39. The van der Waals surface area contributed by atoms with Crippen LogP contribution < -0.4 is 4.72 Å². The summed E-state index contributed by atoms with van der Waals surface area (Å²) in [6.45, 7) is 3.62. The monoisotopic (exact) mass is 293 g/mol. The van der Waals surface area contributed by atoms with Crippen LogP contribution in [0.4, 0.5) is 4.39 Å². The highest BCUT2D eigenvalue weighted by molar-refractivity contribution is 7.89. The van der Waals surface area contributed by atoms with E-state index in [1.807, 2.05) is 6.92 Å². The maximum atomic E-state index is 13.5. The molecule has 0 aromatic heterocycles. The Morgan fingerprint density at radius 1 is 1.39 bits per heavy atom. The fraction of sp³-hybridized carbons (Fsp3) is 0.500. The summed E-state index contributed by atoms with van der Waals surface area (Å²) < 4.78 is 40.2. The van der Waals surface area contributed by atoms with Crippen LogP contribution in [-0.4, -0.2) is 19.8 Å². The van der Waals surface area contributed by atoms with E-state index in [4.69, 9.17) is 11.6 Å². The molecule has 0 amide bonds. The fourth-order valence-electron chi connectivity index (χ4n) is 1.55. The van der Waals surface area contributed by atoms with Crippen molar-refractivity contribution in [1.82, 2.24) is 4.72 Å². The molecular weight excluding hydrogens is 277 g/mol. The number of rotatable bonds is 6. The van der Waals surface area contributed by atoms with Crippen LogP contribution in [0.25, 0.3) is 0 Å². The first-order valence-electron chi connectivity index (χ1n) is 5.69. The lowest BCUT2D eigenvalue weighted by molar-refractivity contribution is 0.389. The molecule has 0 aliphatic carbocycles. The van der Waals surface area contributed by atoms with Gasteiger partial charge in [-0.3, -0.25) is 0 Å². The molecule has 0 fully saturated rings. The smallest absolute Gasteiger partial charge is 0.207 e. The molecule has 0 aliphatic rings. The summed E-state index contributed by atoms with van der Waals surface area (Å²) in [5, 5.41) is 0. The van der Waals surface area contributed by atoms with Crippen LogP contribution in [0.2, 0.25) is 0 Å². The minimum atomic E-state index is -3.87. The van der Waals surface area contributed by atoms with E-state index in [9.17, 15) is 12.8 Å². The van der Waals surface area contributed by atoms with Crippen molar-refractivity contribution in [2.45, 2.75) is 37.1 Å². The lowest BCUT2D eigenvalue weighted by atomic mass is 9.97. The summed E-state index contributed by atoms with van der Waals surface area (Å²) >= 11 is 5.66. The van der Waals surface area contributed by atoms with Gasteiger partial charge in [-0.2, -0.15) is 0 Å². The number of sulfonamides is 1. The minimum Gasteiger partial charge on any atom is -0.207 e. The molecule has 0 saturated heterocycles. The van der Waals surface area contributed by atoms with Gasteiger partial charge in [0.05, 0.1) is 0 Å². The Hall–Kier alpha value is -0.650. The van der Waals surface area contributed by atoms with Gasteiger partial charge in [-0.1, -0.05) is 19.1 Å². The highest BCUT2D eigenvalue weighted by Crippen LogP contribution is 2.21. The number of benzene rings is 1. The Kier molecular flexibility index (Phi) is 5.13. The summed E-state index contributed by atoms with van der Waals surface area (Å²) in [6, 6.07) is 5.31. The zero-order valence-electron chi connectivity index (χ0n) is 10.4. The van der Waals surface area contributed by atoms with Gasteiger partial charge in [0.2, 0.25) is 10.0 Å². The van der Waals surface area contributed by atoms with Crippen LogP contribution in [0.5, 0.6) is 0 Å². The van der Waals surface area contributed by atoms with Crippen LogP contribution in [0.3, 0.4) is 0 Å². The first-order chi connectivity index (χ1) is 8.34. The van der Waals surface area contributed by atoms with E-state index in [1.165, 1.54) is 18.2 Å². The van der Waals surface area contributed by atoms with Gasteiger partial charge < -0.3 is 0 Å². The molecule has 0 aliphatic heterocycles. The third-order valence-electron chi connectivity index (χ3n) is 2.93. The maximum absolute atomic E-state index is 13.5. The van der Waals surface area contributed by atoms with E-state index in [0.29, 0.717) is 18.7 Å². The van der Waals surface area contributed by atoms with Crippen molar-refractivity contribution in [3.8, 4) is 0 Å². The topological polar surface area (TPSA) is 46.2 Å². The normalized spacial score (nSPS) is 15.3. The van der Waals surface area contributed by atoms with Gasteiger partial charge in [0, 0.05) is 11.4 Å². The molecule has 18 heavy (non-hydrogen) atoms. The standard InChI is InChI=1S/C12H17ClFNO2S/c1-3-12(2,8-9-13)15-18(16,17)11-7-5-4-6-10(11)14/h4-7,15H,3,8-9H2,1-2H3. The van der Waals surface area contributed by atoms with Gasteiger partial charge >= 0.3 is 0 Å². The molecule has 1 unspecified atom stereocenters. The van der Waals surface area contributed by atoms with Gasteiger partial charge in [0.15, 0.2) is 0 Å². The maximum Gasteiger partial charge on any atom is 0.243 e. The average molecular weight is 294 g/mol. The number of hydrogen-bond donors (Lipinski definition) is 1. The van der Waals surface area contributed by atoms with Gasteiger partial charge in [-0.25, -0.2) is 17.5 Å². The van der Waals surface area contributed by atoms with Gasteiger partial charge in [0.1, 0.15) is 10.7 Å². The van der Waals surface area contributed by atoms with Crippen molar-refractivity contribution >= 4 is 21.6 Å². The second-order valence-corrected chi connectivity index (χ2v) is 6.42. The van der Waals surface area contributed by atoms with Gasteiger partial charge in [-0.15, -0.1) is 11.6 Å². The summed E-state index contributed by atoms with van der Waals surface area (Å²) in [6.07, 6.45) is 1.06. The predicted octanol–water partition coefficient (Wildman–Crippen LogP) is 2.90. The van der Waals surface area contributed by atoms with Gasteiger partial charge in [0.25, 0.3) is 0 Å². The Morgan fingerprint density at radius 2 is 2.00 bits per heavy atom. The van der Waals surface area contributed by atoms with Crippen molar-refractivity contribution in [1.29, 1.82) is 0 Å².